The third kappa shape index (κ3) is 1.84. The largest absolute Gasteiger partial charge is 0.297 e. The summed E-state index contributed by atoms with van der Waals surface area (Å²) in [6.07, 6.45) is 4.19. The van der Waals surface area contributed by atoms with Crippen molar-refractivity contribution in [2.45, 2.75) is 6.92 Å². The van der Waals surface area contributed by atoms with Crippen molar-refractivity contribution >= 4 is 28.7 Å². The van der Waals surface area contributed by atoms with Crippen LogP contribution in [0.1, 0.15) is 4.88 Å². The summed E-state index contributed by atoms with van der Waals surface area (Å²) in [6.45, 7) is 2.10. The van der Waals surface area contributed by atoms with E-state index in [0.29, 0.717) is 0 Å². The number of halogens is 1. The van der Waals surface area contributed by atoms with Crippen LogP contribution in [-0.4, -0.2) is 9.38 Å². The molecule has 2 aromatic heterocycles. The van der Waals surface area contributed by atoms with Crippen LogP contribution in [0, 0.1) is 6.92 Å². The summed E-state index contributed by atoms with van der Waals surface area (Å²) in [5.74, 6) is 0. The minimum Gasteiger partial charge on any atom is -0.297 e. The van der Waals surface area contributed by atoms with Crippen molar-refractivity contribution in [2.75, 3.05) is 0 Å². The van der Waals surface area contributed by atoms with Crippen LogP contribution in [0.4, 0.5) is 0 Å². The molecule has 0 radical (unpaired) electrons. The highest BCUT2D eigenvalue weighted by molar-refractivity contribution is 7.17. The smallest absolute Gasteiger partial charge is 0.194 e. The Hall–Kier alpha value is -1.32. The fourth-order valence-corrected chi connectivity index (χ4v) is 2.47. The van der Waals surface area contributed by atoms with Gasteiger partial charge in [0.15, 0.2) is 4.96 Å². The van der Waals surface area contributed by atoms with E-state index in [1.807, 2.05) is 18.2 Å². The van der Waals surface area contributed by atoms with Gasteiger partial charge in [-0.1, -0.05) is 30.3 Å². The molecule has 82 valence electrons. The van der Waals surface area contributed by atoms with E-state index in [4.69, 9.17) is 0 Å². The fourth-order valence-electron chi connectivity index (χ4n) is 1.66. The molecule has 0 aliphatic rings. The van der Waals surface area contributed by atoms with Gasteiger partial charge in [0, 0.05) is 22.8 Å². The average molecular weight is 251 g/mol. The molecular weight excluding hydrogens is 240 g/mol. The van der Waals surface area contributed by atoms with Crippen LogP contribution in [0.3, 0.4) is 0 Å². The number of aromatic nitrogens is 2. The van der Waals surface area contributed by atoms with Gasteiger partial charge in [-0.05, 0) is 6.92 Å². The minimum absolute atomic E-state index is 0. The normalized spacial score (nSPS) is 10.3. The van der Waals surface area contributed by atoms with Gasteiger partial charge in [0.05, 0.1) is 5.69 Å². The Balaban J connectivity index is 0.000000963. The molecule has 1 aromatic carbocycles. The van der Waals surface area contributed by atoms with E-state index in [-0.39, 0.29) is 12.4 Å². The summed E-state index contributed by atoms with van der Waals surface area (Å²) < 4.78 is 2.09. The van der Waals surface area contributed by atoms with Gasteiger partial charge in [-0.2, -0.15) is 0 Å². The third-order valence-electron chi connectivity index (χ3n) is 2.34. The monoisotopic (exact) mass is 250 g/mol. The summed E-state index contributed by atoms with van der Waals surface area (Å²) >= 11 is 1.72. The van der Waals surface area contributed by atoms with Crippen molar-refractivity contribution < 1.29 is 0 Å². The van der Waals surface area contributed by atoms with Crippen LogP contribution in [-0.2, 0) is 0 Å². The summed E-state index contributed by atoms with van der Waals surface area (Å²) in [5, 5.41) is 0. The lowest BCUT2D eigenvalue weighted by molar-refractivity contribution is 1.22. The Kier molecular flexibility index (Phi) is 2.99. The van der Waals surface area contributed by atoms with Gasteiger partial charge in [-0.25, -0.2) is 4.98 Å². The maximum Gasteiger partial charge on any atom is 0.194 e. The fraction of sp³-hybridized carbons (Fsp3) is 0.0833. The quantitative estimate of drug-likeness (QED) is 0.642. The number of rotatable bonds is 1. The zero-order valence-corrected chi connectivity index (χ0v) is 10.4. The molecule has 0 fully saturated rings. The number of aryl methyl sites for hydroxylation is 1. The molecule has 0 bridgehead atoms. The summed E-state index contributed by atoms with van der Waals surface area (Å²) in [5.41, 5.74) is 2.22. The molecule has 0 aliphatic carbocycles. The summed E-state index contributed by atoms with van der Waals surface area (Å²) in [6, 6.07) is 10.3. The Morgan fingerprint density at radius 1 is 1.12 bits per heavy atom. The van der Waals surface area contributed by atoms with E-state index in [1.54, 1.807) is 11.3 Å². The van der Waals surface area contributed by atoms with E-state index < -0.39 is 0 Å². The van der Waals surface area contributed by atoms with Gasteiger partial charge < -0.3 is 0 Å². The van der Waals surface area contributed by atoms with Crippen molar-refractivity contribution in [3.63, 3.8) is 0 Å². The molecule has 3 rings (SSSR count). The second-order valence-electron chi connectivity index (χ2n) is 3.52. The Labute approximate surface area is 104 Å². The topological polar surface area (TPSA) is 17.3 Å². The van der Waals surface area contributed by atoms with E-state index in [2.05, 4.69) is 40.8 Å². The van der Waals surface area contributed by atoms with Gasteiger partial charge in [-0.3, -0.25) is 4.40 Å². The first-order valence-corrected chi connectivity index (χ1v) is 5.65. The Morgan fingerprint density at radius 2 is 1.88 bits per heavy atom. The molecule has 2 nitrogen and oxygen atoms in total. The van der Waals surface area contributed by atoms with E-state index >= 15 is 0 Å². The number of hydrogen-bond donors (Lipinski definition) is 0. The standard InChI is InChI=1S/C12H10N2S.ClH/c1-9-7-14-8-11(13-12(14)15-9)10-5-3-2-4-6-10;/h2-8H,1H3;1H. The van der Waals surface area contributed by atoms with Crippen LogP contribution in [0.15, 0.2) is 42.7 Å². The van der Waals surface area contributed by atoms with Crippen LogP contribution in [0.25, 0.3) is 16.2 Å². The Morgan fingerprint density at radius 3 is 2.56 bits per heavy atom. The second kappa shape index (κ2) is 4.28. The first-order valence-electron chi connectivity index (χ1n) is 4.83. The molecule has 0 atom stereocenters. The van der Waals surface area contributed by atoms with E-state index in [0.717, 1.165) is 10.7 Å². The lowest BCUT2D eigenvalue weighted by atomic mass is 10.2. The molecule has 16 heavy (non-hydrogen) atoms. The van der Waals surface area contributed by atoms with Gasteiger partial charge in [-0.15, -0.1) is 23.7 Å². The zero-order chi connectivity index (χ0) is 10.3. The van der Waals surface area contributed by atoms with Crippen molar-refractivity contribution in [1.82, 2.24) is 9.38 Å². The predicted molar refractivity (Wildman–Crippen MR) is 70.5 cm³/mol. The number of hydrogen-bond acceptors (Lipinski definition) is 2. The highest BCUT2D eigenvalue weighted by atomic mass is 35.5. The van der Waals surface area contributed by atoms with Gasteiger partial charge >= 0.3 is 0 Å². The molecule has 0 aliphatic heterocycles. The highest BCUT2D eigenvalue weighted by Gasteiger charge is 2.05. The number of thiazole rings is 1. The van der Waals surface area contributed by atoms with Gasteiger partial charge in [0.1, 0.15) is 0 Å². The summed E-state index contributed by atoms with van der Waals surface area (Å²) in [4.78, 5) is 6.94. The molecule has 3 aromatic rings. The average Bonchev–Trinajstić information content (AvgIpc) is 2.76. The Bertz CT molecular complexity index is 566. The zero-order valence-electron chi connectivity index (χ0n) is 8.75. The summed E-state index contributed by atoms with van der Waals surface area (Å²) in [7, 11) is 0. The lowest BCUT2D eigenvalue weighted by Crippen LogP contribution is -1.74. The van der Waals surface area contributed by atoms with Gasteiger partial charge in [0.25, 0.3) is 0 Å². The molecule has 0 unspecified atom stereocenters. The molecule has 4 heteroatoms. The number of benzene rings is 1. The van der Waals surface area contributed by atoms with Crippen molar-refractivity contribution in [3.8, 4) is 11.3 Å². The molecule has 0 saturated heterocycles. The van der Waals surface area contributed by atoms with Crippen molar-refractivity contribution in [1.29, 1.82) is 0 Å². The minimum atomic E-state index is 0. The third-order valence-corrected chi connectivity index (χ3v) is 3.25. The lowest BCUT2D eigenvalue weighted by Gasteiger charge is -1.92. The molecule has 0 saturated carbocycles. The first kappa shape index (κ1) is 11.2. The number of fused-ring (bicyclic) bond motifs is 1. The molecule has 0 spiro atoms. The molecule has 0 amide bonds. The first-order chi connectivity index (χ1) is 7.33. The number of nitrogens with zero attached hydrogens (tertiary/aromatic N) is 2. The maximum absolute atomic E-state index is 4.59. The SMILES string of the molecule is Cc1cn2cc(-c3ccccc3)nc2s1.Cl. The van der Waals surface area contributed by atoms with Crippen molar-refractivity contribution in [3.05, 3.63) is 47.6 Å². The van der Waals surface area contributed by atoms with Crippen LogP contribution in [0.2, 0.25) is 0 Å². The molecular formula is C12H11ClN2S. The van der Waals surface area contributed by atoms with E-state index in [9.17, 15) is 0 Å². The second-order valence-corrected chi connectivity index (χ2v) is 4.74. The van der Waals surface area contributed by atoms with Crippen LogP contribution in [0.5, 0.6) is 0 Å². The van der Waals surface area contributed by atoms with Crippen LogP contribution >= 0.6 is 23.7 Å². The van der Waals surface area contributed by atoms with Crippen LogP contribution < -0.4 is 0 Å². The maximum atomic E-state index is 4.59. The van der Waals surface area contributed by atoms with Gasteiger partial charge in [0.2, 0.25) is 0 Å². The van der Waals surface area contributed by atoms with E-state index in [1.165, 1.54) is 10.4 Å². The predicted octanol–water partition coefficient (Wildman–Crippen LogP) is 3.79. The highest BCUT2D eigenvalue weighted by Crippen LogP contribution is 2.22. The number of imidazole rings is 1. The molecule has 2 heterocycles. The molecule has 0 N–H and O–H groups in total. The van der Waals surface area contributed by atoms with Crippen molar-refractivity contribution in [2.24, 2.45) is 0 Å².